The Morgan fingerprint density at radius 3 is 1.97 bits per heavy atom. The number of aromatic amines is 1. The Labute approximate surface area is 203 Å². The summed E-state index contributed by atoms with van der Waals surface area (Å²) in [4.78, 5) is 25.3. The minimum atomic E-state index is -0.276. The van der Waals surface area contributed by atoms with Crippen LogP contribution in [0.5, 0.6) is 0 Å². The van der Waals surface area contributed by atoms with Crippen molar-refractivity contribution in [1.82, 2.24) is 15.0 Å². The molecule has 172 valence electrons. The minimum Gasteiger partial charge on any atom is -0.291 e. The van der Waals surface area contributed by atoms with E-state index in [9.17, 15) is 4.79 Å². The van der Waals surface area contributed by atoms with Crippen LogP contribution in [0, 0.1) is 20.8 Å². The molecule has 0 saturated heterocycles. The molecule has 6 heteroatoms. The van der Waals surface area contributed by atoms with Crippen LogP contribution < -0.4 is 11.0 Å². The maximum atomic E-state index is 13.2. The molecule has 5 aromatic rings. The zero-order valence-electron chi connectivity index (χ0n) is 19.8. The van der Waals surface area contributed by atoms with Crippen molar-refractivity contribution in [2.45, 2.75) is 20.8 Å². The summed E-state index contributed by atoms with van der Waals surface area (Å²) in [6.07, 6.45) is 1.68. The maximum Gasteiger partial charge on any atom is 0.262 e. The second kappa shape index (κ2) is 9.35. The van der Waals surface area contributed by atoms with E-state index in [1.54, 1.807) is 6.21 Å². The molecule has 0 amide bonds. The van der Waals surface area contributed by atoms with Crippen LogP contribution in [-0.2, 0) is 0 Å². The molecule has 0 radical (unpaired) electrons. The summed E-state index contributed by atoms with van der Waals surface area (Å²) >= 11 is 0. The number of aryl methyl sites for hydroxylation is 3. The number of H-pyrrole nitrogens is 1. The second-order valence-corrected chi connectivity index (χ2v) is 8.68. The monoisotopic (exact) mass is 459 g/mol. The number of benzene rings is 3. The molecule has 3 aromatic carbocycles. The Bertz CT molecular complexity index is 1580. The first-order valence-electron chi connectivity index (χ1n) is 11.4. The Kier molecular flexibility index (Phi) is 5.94. The van der Waals surface area contributed by atoms with Gasteiger partial charge in [0, 0.05) is 11.1 Å². The van der Waals surface area contributed by atoms with Gasteiger partial charge in [0.05, 0.1) is 17.3 Å². The van der Waals surface area contributed by atoms with E-state index in [1.807, 2.05) is 99.6 Å². The summed E-state index contributed by atoms with van der Waals surface area (Å²) in [5.74, 6) is 0.231. The van der Waals surface area contributed by atoms with Crippen LogP contribution in [0.1, 0.15) is 22.3 Å². The molecule has 0 aliphatic carbocycles. The average Bonchev–Trinajstić information content (AvgIpc) is 2.85. The van der Waals surface area contributed by atoms with Gasteiger partial charge in [-0.2, -0.15) is 10.1 Å². The summed E-state index contributed by atoms with van der Waals surface area (Å²) in [6.45, 7) is 6.12. The quantitative estimate of drug-likeness (QED) is 0.249. The number of hydrogen-bond donors (Lipinski definition) is 2. The molecule has 35 heavy (non-hydrogen) atoms. The number of aromatic nitrogens is 3. The van der Waals surface area contributed by atoms with E-state index in [-0.39, 0.29) is 11.5 Å². The summed E-state index contributed by atoms with van der Waals surface area (Å²) in [5.41, 5.74) is 10.8. The standard InChI is InChI=1S/C29H25N5O/c1-18-4-10-21(11-5-18)17-30-34-29-32-27-26(28(35)33-29)24(22-12-6-19(2)7-13-22)16-25(31-27)23-14-8-20(3)9-15-23/h4-17H,1-3H3,(H2,31,32,33,34,35)/b30-17+. The predicted molar refractivity (Wildman–Crippen MR) is 143 cm³/mol. The first-order chi connectivity index (χ1) is 17.0. The Morgan fingerprint density at radius 1 is 0.771 bits per heavy atom. The van der Waals surface area contributed by atoms with E-state index in [1.165, 1.54) is 11.1 Å². The van der Waals surface area contributed by atoms with Crippen molar-refractivity contribution < 1.29 is 0 Å². The summed E-state index contributed by atoms with van der Waals surface area (Å²) in [7, 11) is 0. The Hall–Kier alpha value is -4.58. The molecule has 0 saturated carbocycles. The van der Waals surface area contributed by atoms with Crippen LogP contribution in [0.2, 0.25) is 0 Å². The van der Waals surface area contributed by atoms with Gasteiger partial charge in [-0.3, -0.25) is 9.78 Å². The van der Waals surface area contributed by atoms with E-state index in [4.69, 9.17) is 4.98 Å². The SMILES string of the molecule is Cc1ccc(/C=N/Nc2nc3nc(-c4ccc(C)cc4)cc(-c4ccc(C)cc4)c3c(=O)[nH]2)cc1. The van der Waals surface area contributed by atoms with Crippen LogP contribution in [0.25, 0.3) is 33.4 Å². The normalized spacial score (nSPS) is 11.3. The Morgan fingerprint density at radius 2 is 1.34 bits per heavy atom. The molecule has 2 N–H and O–H groups in total. The first kappa shape index (κ1) is 22.2. The largest absolute Gasteiger partial charge is 0.291 e. The van der Waals surface area contributed by atoms with Gasteiger partial charge in [-0.15, -0.1) is 0 Å². The average molecular weight is 460 g/mol. The van der Waals surface area contributed by atoms with Gasteiger partial charge < -0.3 is 0 Å². The lowest BCUT2D eigenvalue weighted by molar-refractivity contribution is 1.10. The fraction of sp³-hybridized carbons (Fsp3) is 0.103. The zero-order valence-corrected chi connectivity index (χ0v) is 19.8. The van der Waals surface area contributed by atoms with E-state index < -0.39 is 0 Å². The van der Waals surface area contributed by atoms with Gasteiger partial charge in [0.2, 0.25) is 5.95 Å². The molecule has 0 atom stereocenters. The summed E-state index contributed by atoms with van der Waals surface area (Å²) < 4.78 is 0. The third-order valence-corrected chi connectivity index (χ3v) is 5.85. The highest BCUT2D eigenvalue weighted by Crippen LogP contribution is 2.30. The van der Waals surface area contributed by atoms with E-state index in [2.05, 4.69) is 20.5 Å². The molecular formula is C29H25N5O. The first-order valence-corrected chi connectivity index (χ1v) is 11.4. The molecule has 5 rings (SSSR count). The molecule has 0 aliphatic heterocycles. The lowest BCUT2D eigenvalue weighted by Crippen LogP contribution is -2.13. The van der Waals surface area contributed by atoms with Gasteiger partial charge in [0.15, 0.2) is 5.65 Å². The number of pyridine rings is 1. The number of hydrogen-bond acceptors (Lipinski definition) is 5. The van der Waals surface area contributed by atoms with Crippen LogP contribution in [0.15, 0.2) is 88.8 Å². The van der Waals surface area contributed by atoms with Crippen molar-refractivity contribution in [1.29, 1.82) is 0 Å². The predicted octanol–water partition coefficient (Wildman–Crippen LogP) is 6.02. The lowest BCUT2D eigenvalue weighted by atomic mass is 9.99. The van der Waals surface area contributed by atoms with E-state index >= 15 is 0 Å². The van der Waals surface area contributed by atoms with E-state index in [0.717, 1.165) is 33.5 Å². The second-order valence-electron chi connectivity index (χ2n) is 8.68. The van der Waals surface area contributed by atoms with E-state index in [0.29, 0.717) is 11.0 Å². The molecule has 2 aromatic heterocycles. The number of rotatable bonds is 5. The smallest absolute Gasteiger partial charge is 0.262 e. The summed E-state index contributed by atoms with van der Waals surface area (Å²) in [5, 5.41) is 4.68. The van der Waals surface area contributed by atoms with Gasteiger partial charge in [0.25, 0.3) is 5.56 Å². The van der Waals surface area contributed by atoms with Crippen molar-refractivity contribution in [2.24, 2.45) is 5.10 Å². The van der Waals surface area contributed by atoms with Crippen LogP contribution in [-0.4, -0.2) is 21.2 Å². The van der Waals surface area contributed by atoms with Crippen molar-refractivity contribution in [3.8, 4) is 22.4 Å². The van der Waals surface area contributed by atoms with Crippen molar-refractivity contribution in [2.75, 3.05) is 5.43 Å². The zero-order chi connectivity index (χ0) is 24.4. The lowest BCUT2D eigenvalue weighted by Gasteiger charge is -2.11. The molecular weight excluding hydrogens is 434 g/mol. The van der Waals surface area contributed by atoms with Crippen molar-refractivity contribution in [3.05, 3.63) is 111 Å². The highest BCUT2D eigenvalue weighted by molar-refractivity contribution is 5.94. The Balaban J connectivity index is 1.61. The maximum absolute atomic E-state index is 13.2. The summed E-state index contributed by atoms with van der Waals surface area (Å²) in [6, 6.07) is 26.2. The molecule has 0 spiro atoms. The van der Waals surface area contributed by atoms with Crippen molar-refractivity contribution >= 4 is 23.2 Å². The topological polar surface area (TPSA) is 83.0 Å². The highest BCUT2D eigenvalue weighted by atomic mass is 16.1. The van der Waals surface area contributed by atoms with Crippen LogP contribution >= 0.6 is 0 Å². The van der Waals surface area contributed by atoms with Gasteiger partial charge in [-0.05, 0) is 38.0 Å². The third-order valence-electron chi connectivity index (χ3n) is 5.85. The van der Waals surface area contributed by atoms with Crippen LogP contribution in [0.3, 0.4) is 0 Å². The van der Waals surface area contributed by atoms with Gasteiger partial charge in [0.1, 0.15) is 0 Å². The third kappa shape index (κ3) is 4.87. The van der Waals surface area contributed by atoms with Gasteiger partial charge in [-0.1, -0.05) is 89.5 Å². The fourth-order valence-corrected chi connectivity index (χ4v) is 3.85. The number of anilines is 1. The number of hydrazone groups is 1. The molecule has 0 unspecified atom stereocenters. The molecule has 6 nitrogen and oxygen atoms in total. The minimum absolute atomic E-state index is 0.231. The molecule has 2 heterocycles. The number of fused-ring (bicyclic) bond motifs is 1. The van der Waals surface area contributed by atoms with Crippen molar-refractivity contribution in [3.63, 3.8) is 0 Å². The number of nitrogens with one attached hydrogen (secondary N) is 2. The van der Waals surface area contributed by atoms with Crippen LogP contribution in [0.4, 0.5) is 5.95 Å². The van der Waals surface area contributed by atoms with Gasteiger partial charge >= 0.3 is 0 Å². The molecule has 0 bridgehead atoms. The highest BCUT2D eigenvalue weighted by Gasteiger charge is 2.15. The fourth-order valence-electron chi connectivity index (χ4n) is 3.85. The molecule has 0 fully saturated rings. The molecule has 0 aliphatic rings. The van der Waals surface area contributed by atoms with Gasteiger partial charge in [-0.25, -0.2) is 10.4 Å². The number of nitrogens with zero attached hydrogens (tertiary/aromatic N) is 3.